The molecule has 3 rings (SSSR count). The van der Waals surface area contributed by atoms with Gasteiger partial charge in [0.1, 0.15) is 5.75 Å². The zero-order valence-electron chi connectivity index (χ0n) is 16.0. The highest BCUT2D eigenvalue weighted by Gasteiger charge is 2.04. The second-order valence-corrected chi connectivity index (χ2v) is 6.81. The monoisotopic (exact) mass is 421 g/mol. The lowest BCUT2D eigenvalue weighted by atomic mass is 10.1. The van der Waals surface area contributed by atoms with Gasteiger partial charge >= 0.3 is 0 Å². The number of carbonyl (C=O) groups excluding carboxylic acids is 2. The minimum atomic E-state index is -0.288. The first kappa shape index (κ1) is 21.1. The maximum atomic E-state index is 12.0. The van der Waals surface area contributed by atoms with Gasteiger partial charge in [0.15, 0.2) is 6.61 Å². The van der Waals surface area contributed by atoms with Crippen molar-refractivity contribution in [3.63, 3.8) is 0 Å². The van der Waals surface area contributed by atoms with E-state index in [1.54, 1.807) is 54.7 Å². The van der Waals surface area contributed by atoms with Crippen molar-refractivity contribution >= 4 is 35.3 Å². The highest BCUT2D eigenvalue weighted by Crippen LogP contribution is 2.15. The molecule has 2 N–H and O–H groups in total. The van der Waals surface area contributed by atoms with E-state index < -0.39 is 0 Å². The SMILES string of the molecule is O=C(Cc1ccccc1)N/N=C/c1ccc(OCC(=O)Nc2cccc(Cl)c2)cc1. The van der Waals surface area contributed by atoms with Crippen LogP contribution in [0.5, 0.6) is 5.75 Å². The molecule has 0 bridgehead atoms. The average molecular weight is 422 g/mol. The van der Waals surface area contributed by atoms with E-state index in [9.17, 15) is 9.59 Å². The number of carbonyl (C=O) groups is 2. The maximum absolute atomic E-state index is 12.0. The fraction of sp³-hybridized carbons (Fsp3) is 0.0870. The Morgan fingerprint density at radius 1 is 0.933 bits per heavy atom. The average Bonchev–Trinajstić information content (AvgIpc) is 2.74. The summed E-state index contributed by atoms with van der Waals surface area (Å²) in [5, 5.41) is 7.21. The van der Waals surface area contributed by atoms with Crippen LogP contribution in [-0.4, -0.2) is 24.6 Å². The van der Waals surface area contributed by atoms with Gasteiger partial charge in [0, 0.05) is 10.7 Å². The fourth-order valence-electron chi connectivity index (χ4n) is 2.56. The van der Waals surface area contributed by atoms with Crippen molar-refractivity contribution in [1.82, 2.24) is 5.43 Å². The first-order valence-electron chi connectivity index (χ1n) is 9.22. The van der Waals surface area contributed by atoms with Gasteiger partial charge in [-0.25, -0.2) is 5.43 Å². The zero-order chi connectivity index (χ0) is 21.2. The molecule has 0 aliphatic rings. The summed E-state index contributed by atoms with van der Waals surface area (Å²) in [4.78, 5) is 23.8. The molecule has 152 valence electrons. The largest absolute Gasteiger partial charge is 0.484 e. The third-order valence-electron chi connectivity index (χ3n) is 3.97. The van der Waals surface area contributed by atoms with Crippen LogP contribution in [0.3, 0.4) is 0 Å². The number of rotatable bonds is 8. The summed E-state index contributed by atoms with van der Waals surface area (Å²) >= 11 is 5.89. The first-order valence-corrected chi connectivity index (χ1v) is 9.60. The van der Waals surface area contributed by atoms with Crippen molar-refractivity contribution in [1.29, 1.82) is 0 Å². The Kier molecular flexibility index (Phi) is 7.58. The van der Waals surface area contributed by atoms with E-state index in [0.29, 0.717) is 16.5 Å². The first-order chi connectivity index (χ1) is 14.6. The van der Waals surface area contributed by atoms with Gasteiger partial charge in [-0.15, -0.1) is 0 Å². The number of hydrazone groups is 1. The Hall–Kier alpha value is -3.64. The molecule has 0 heterocycles. The predicted octanol–water partition coefficient (Wildman–Crippen LogP) is 4.05. The standard InChI is InChI=1S/C23H20ClN3O3/c24-19-7-4-8-20(14-19)26-23(29)16-30-21-11-9-18(10-12-21)15-25-27-22(28)13-17-5-2-1-3-6-17/h1-12,14-15H,13,16H2,(H,26,29)(H,27,28)/b25-15+. The Balaban J connectivity index is 1.42. The van der Waals surface area contributed by atoms with E-state index in [0.717, 1.165) is 11.1 Å². The molecule has 0 aliphatic carbocycles. The summed E-state index contributed by atoms with van der Waals surface area (Å²) in [6, 6.07) is 23.3. The van der Waals surface area contributed by atoms with Crippen LogP contribution < -0.4 is 15.5 Å². The molecule has 0 spiro atoms. The molecule has 30 heavy (non-hydrogen) atoms. The number of ether oxygens (including phenoxy) is 1. The van der Waals surface area contributed by atoms with E-state index in [1.807, 2.05) is 30.3 Å². The maximum Gasteiger partial charge on any atom is 0.262 e. The van der Waals surface area contributed by atoms with Crippen LogP contribution >= 0.6 is 11.6 Å². The van der Waals surface area contributed by atoms with E-state index in [2.05, 4.69) is 15.8 Å². The molecule has 7 heteroatoms. The van der Waals surface area contributed by atoms with Gasteiger partial charge in [0.25, 0.3) is 5.91 Å². The number of nitrogens with one attached hydrogen (secondary N) is 2. The van der Waals surface area contributed by atoms with Gasteiger partial charge in [0.2, 0.25) is 5.91 Å². The molecule has 6 nitrogen and oxygen atoms in total. The number of halogens is 1. The zero-order valence-corrected chi connectivity index (χ0v) is 16.8. The minimum absolute atomic E-state index is 0.129. The number of hydrogen-bond donors (Lipinski definition) is 2. The van der Waals surface area contributed by atoms with Gasteiger partial charge < -0.3 is 10.1 Å². The molecule has 3 aromatic rings. The Labute approximate surface area is 179 Å². The topological polar surface area (TPSA) is 79.8 Å². The molecule has 3 aromatic carbocycles. The summed E-state index contributed by atoms with van der Waals surface area (Å²) in [5.41, 5.74) is 4.81. The third-order valence-corrected chi connectivity index (χ3v) is 4.20. The van der Waals surface area contributed by atoms with E-state index >= 15 is 0 Å². The van der Waals surface area contributed by atoms with Crippen molar-refractivity contribution in [3.8, 4) is 5.75 Å². The minimum Gasteiger partial charge on any atom is -0.484 e. The number of anilines is 1. The Morgan fingerprint density at radius 2 is 1.70 bits per heavy atom. The highest BCUT2D eigenvalue weighted by molar-refractivity contribution is 6.30. The van der Waals surface area contributed by atoms with Crippen LogP contribution in [0, 0.1) is 0 Å². The van der Waals surface area contributed by atoms with Crippen molar-refractivity contribution < 1.29 is 14.3 Å². The van der Waals surface area contributed by atoms with Crippen molar-refractivity contribution in [3.05, 3.63) is 95.0 Å². The van der Waals surface area contributed by atoms with Crippen molar-refractivity contribution in [2.24, 2.45) is 5.10 Å². The molecule has 0 unspecified atom stereocenters. The van der Waals surface area contributed by atoms with Gasteiger partial charge in [-0.3, -0.25) is 9.59 Å². The van der Waals surface area contributed by atoms with Gasteiger partial charge in [0.05, 0.1) is 12.6 Å². The molecule has 0 aliphatic heterocycles. The van der Waals surface area contributed by atoms with E-state index in [4.69, 9.17) is 16.3 Å². The van der Waals surface area contributed by atoms with Gasteiger partial charge in [-0.2, -0.15) is 5.10 Å². The lowest BCUT2D eigenvalue weighted by Gasteiger charge is -2.08. The number of amides is 2. The summed E-state index contributed by atoms with van der Waals surface area (Å²) in [5.74, 6) is 0.0636. The second-order valence-electron chi connectivity index (χ2n) is 6.37. The molecule has 0 aromatic heterocycles. The van der Waals surface area contributed by atoms with Crippen molar-refractivity contribution in [2.45, 2.75) is 6.42 Å². The van der Waals surface area contributed by atoms with Crippen molar-refractivity contribution in [2.75, 3.05) is 11.9 Å². The summed E-state index contributed by atoms with van der Waals surface area (Å²) < 4.78 is 5.48. The lowest BCUT2D eigenvalue weighted by Crippen LogP contribution is -2.20. The fourth-order valence-corrected chi connectivity index (χ4v) is 2.75. The molecule has 0 saturated heterocycles. The van der Waals surface area contributed by atoms with E-state index in [-0.39, 0.29) is 24.8 Å². The third kappa shape index (κ3) is 7.07. The summed E-state index contributed by atoms with van der Waals surface area (Å²) in [7, 11) is 0. The highest BCUT2D eigenvalue weighted by atomic mass is 35.5. The molecular formula is C23H20ClN3O3. The molecule has 0 atom stereocenters. The van der Waals surface area contributed by atoms with E-state index in [1.165, 1.54) is 0 Å². The molecular weight excluding hydrogens is 402 g/mol. The Morgan fingerprint density at radius 3 is 2.43 bits per heavy atom. The predicted molar refractivity (Wildman–Crippen MR) is 118 cm³/mol. The molecule has 2 amide bonds. The number of hydrogen-bond acceptors (Lipinski definition) is 4. The van der Waals surface area contributed by atoms with Crippen LogP contribution in [0.4, 0.5) is 5.69 Å². The normalized spacial score (nSPS) is 10.6. The van der Waals surface area contributed by atoms with Crippen LogP contribution in [0.2, 0.25) is 5.02 Å². The Bertz CT molecular complexity index is 1020. The molecule has 0 fully saturated rings. The summed E-state index contributed by atoms with van der Waals surface area (Å²) in [6.45, 7) is -0.129. The lowest BCUT2D eigenvalue weighted by molar-refractivity contribution is -0.120. The van der Waals surface area contributed by atoms with Gasteiger partial charge in [-0.05, 0) is 53.6 Å². The second kappa shape index (κ2) is 10.8. The summed E-state index contributed by atoms with van der Waals surface area (Å²) in [6.07, 6.45) is 1.81. The van der Waals surface area contributed by atoms with Gasteiger partial charge in [-0.1, -0.05) is 48.0 Å². The smallest absolute Gasteiger partial charge is 0.262 e. The molecule has 0 saturated carbocycles. The van der Waals surface area contributed by atoms with Crippen LogP contribution in [0.15, 0.2) is 84.0 Å². The van der Waals surface area contributed by atoms with Crippen LogP contribution in [0.25, 0.3) is 0 Å². The van der Waals surface area contributed by atoms with Crippen LogP contribution in [0.1, 0.15) is 11.1 Å². The number of benzene rings is 3. The quantitative estimate of drug-likeness (QED) is 0.425. The molecule has 0 radical (unpaired) electrons. The number of nitrogens with zero attached hydrogens (tertiary/aromatic N) is 1. The van der Waals surface area contributed by atoms with Crippen LogP contribution in [-0.2, 0) is 16.0 Å².